The van der Waals surface area contributed by atoms with Crippen molar-refractivity contribution in [2.24, 2.45) is 0 Å². The van der Waals surface area contributed by atoms with Crippen LogP contribution >= 0.6 is 0 Å². The van der Waals surface area contributed by atoms with Crippen molar-refractivity contribution in [3.05, 3.63) is 47.8 Å². The summed E-state index contributed by atoms with van der Waals surface area (Å²) in [6, 6.07) is 8.00. The highest BCUT2D eigenvalue weighted by molar-refractivity contribution is 6.16. The minimum Gasteiger partial charge on any atom is -0.497 e. The molecule has 3 heterocycles. The Hall–Kier alpha value is -2.71. The molecule has 0 amide bonds. The minimum absolute atomic E-state index is 0.348. The van der Waals surface area contributed by atoms with Gasteiger partial charge in [-0.1, -0.05) is 0 Å². The zero-order valence-corrected chi connectivity index (χ0v) is 17.1. The molecular formula is C23H25N2O5+. The van der Waals surface area contributed by atoms with E-state index in [4.69, 9.17) is 9.47 Å². The van der Waals surface area contributed by atoms with Gasteiger partial charge in [0.2, 0.25) is 0 Å². The van der Waals surface area contributed by atoms with Crippen LogP contribution in [0.2, 0.25) is 0 Å². The molecule has 1 fully saturated rings. The van der Waals surface area contributed by atoms with Crippen LogP contribution in [0, 0.1) is 13.8 Å². The third kappa shape index (κ3) is 2.63. The summed E-state index contributed by atoms with van der Waals surface area (Å²) in [7, 11) is 1.66. The highest BCUT2D eigenvalue weighted by Crippen LogP contribution is 2.37. The largest absolute Gasteiger partial charge is 0.497 e. The van der Waals surface area contributed by atoms with Crippen molar-refractivity contribution in [1.29, 1.82) is 0 Å². The molecule has 1 unspecified atom stereocenters. The van der Waals surface area contributed by atoms with Gasteiger partial charge in [-0.2, -0.15) is 4.57 Å². The molecule has 2 aromatic heterocycles. The van der Waals surface area contributed by atoms with Gasteiger partial charge in [0, 0.05) is 27.7 Å². The second kappa shape index (κ2) is 6.92. The van der Waals surface area contributed by atoms with Crippen molar-refractivity contribution in [2.75, 3.05) is 13.7 Å². The van der Waals surface area contributed by atoms with Crippen molar-refractivity contribution in [3.63, 3.8) is 0 Å². The molecule has 1 saturated heterocycles. The Morgan fingerprint density at radius 3 is 2.57 bits per heavy atom. The summed E-state index contributed by atoms with van der Waals surface area (Å²) in [6.07, 6.45) is -0.0374. The van der Waals surface area contributed by atoms with Crippen LogP contribution in [0.5, 0.6) is 5.75 Å². The predicted molar refractivity (Wildman–Crippen MR) is 113 cm³/mol. The number of nitrogens with one attached hydrogen (secondary N) is 1. The first-order valence-corrected chi connectivity index (χ1v) is 10.00. The fourth-order valence-corrected chi connectivity index (χ4v) is 4.66. The number of methoxy groups -OCH3 is 1. The lowest BCUT2D eigenvalue weighted by atomic mass is 9.97. The average molecular weight is 409 g/mol. The SMILES string of the molecule is COc1ccc2[nH]c3c(C)c4cc[n+](C5O[C@@H](CO)[C@H](O)[C@@H]5O)cc4c(C)c3c2c1. The molecule has 0 bridgehead atoms. The molecular weight excluding hydrogens is 384 g/mol. The molecule has 4 atom stereocenters. The van der Waals surface area contributed by atoms with E-state index in [-0.39, 0.29) is 6.61 Å². The van der Waals surface area contributed by atoms with Crippen LogP contribution in [0.1, 0.15) is 17.4 Å². The van der Waals surface area contributed by atoms with E-state index >= 15 is 0 Å². The normalized spacial score (nSPS) is 24.3. The van der Waals surface area contributed by atoms with Crippen LogP contribution in [0.4, 0.5) is 0 Å². The van der Waals surface area contributed by atoms with E-state index in [0.29, 0.717) is 0 Å². The minimum atomic E-state index is -1.13. The third-order valence-electron chi connectivity index (χ3n) is 6.36. The first-order chi connectivity index (χ1) is 14.4. The Kier molecular flexibility index (Phi) is 4.44. The molecule has 2 aromatic carbocycles. The number of rotatable bonds is 3. The molecule has 7 heteroatoms. The number of aromatic nitrogens is 2. The van der Waals surface area contributed by atoms with Crippen LogP contribution in [0.15, 0.2) is 36.7 Å². The lowest BCUT2D eigenvalue weighted by Crippen LogP contribution is -2.45. The van der Waals surface area contributed by atoms with Gasteiger partial charge in [-0.15, -0.1) is 0 Å². The summed E-state index contributed by atoms with van der Waals surface area (Å²) in [4.78, 5) is 3.54. The van der Waals surface area contributed by atoms with E-state index in [2.05, 4.69) is 18.8 Å². The standard InChI is InChI=1S/C23H24N2O5/c1-11-16-9-25(23-22(28)21(27)18(10-26)30-23)7-6-14(16)12(2)20-19(11)15-8-13(29-3)4-5-17(15)24-20/h4-9,18,21-23,26-28H,10H2,1-3H3/p+1/t18-,21-,22-,23?/m0/s1. The van der Waals surface area contributed by atoms with E-state index in [1.54, 1.807) is 11.7 Å². The number of nitrogens with zero attached hydrogens (tertiary/aromatic N) is 1. The van der Waals surface area contributed by atoms with E-state index in [1.165, 1.54) is 0 Å². The summed E-state index contributed by atoms with van der Waals surface area (Å²) in [5, 5.41) is 34.3. The number of fused-ring (bicyclic) bond motifs is 4. The molecule has 0 spiro atoms. The van der Waals surface area contributed by atoms with Crippen LogP contribution in [-0.4, -0.2) is 52.3 Å². The molecule has 1 aliphatic heterocycles. The molecule has 5 rings (SSSR count). The van der Waals surface area contributed by atoms with Crippen LogP contribution in [-0.2, 0) is 4.74 Å². The highest BCUT2D eigenvalue weighted by atomic mass is 16.6. The molecule has 0 saturated carbocycles. The highest BCUT2D eigenvalue weighted by Gasteiger charge is 2.48. The topological polar surface area (TPSA) is 98.8 Å². The Morgan fingerprint density at radius 1 is 1.07 bits per heavy atom. The summed E-state index contributed by atoms with van der Waals surface area (Å²) in [5.74, 6) is 0.801. The zero-order valence-electron chi connectivity index (χ0n) is 17.1. The smallest absolute Gasteiger partial charge is 0.292 e. The molecule has 1 aliphatic rings. The van der Waals surface area contributed by atoms with E-state index < -0.39 is 24.5 Å². The van der Waals surface area contributed by atoms with E-state index in [9.17, 15) is 15.3 Å². The van der Waals surface area contributed by atoms with E-state index in [0.717, 1.165) is 49.5 Å². The molecule has 0 aliphatic carbocycles. The van der Waals surface area contributed by atoms with Gasteiger partial charge in [0.15, 0.2) is 18.5 Å². The Bertz CT molecular complexity index is 1280. The number of benzene rings is 2. The van der Waals surface area contributed by atoms with Gasteiger partial charge >= 0.3 is 0 Å². The van der Waals surface area contributed by atoms with Crippen molar-refractivity contribution in [1.82, 2.24) is 4.98 Å². The van der Waals surface area contributed by atoms with Gasteiger partial charge in [0.05, 0.1) is 19.2 Å². The Balaban J connectivity index is 1.74. The van der Waals surface area contributed by atoms with Crippen molar-refractivity contribution < 1.29 is 29.4 Å². The fraction of sp³-hybridized carbons (Fsp3) is 0.348. The summed E-state index contributed by atoms with van der Waals surface area (Å²) >= 11 is 0. The van der Waals surface area contributed by atoms with E-state index in [1.807, 2.05) is 36.7 Å². The number of aliphatic hydroxyl groups excluding tert-OH is 3. The monoisotopic (exact) mass is 409 g/mol. The summed E-state index contributed by atoms with van der Waals surface area (Å²) in [6.45, 7) is 3.82. The average Bonchev–Trinajstić information content (AvgIpc) is 3.29. The maximum Gasteiger partial charge on any atom is 0.292 e. The number of H-pyrrole nitrogens is 1. The molecule has 7 nitrogen and oxygen atoms in total. The summed E-state index contributed by atoms with van der Waals surface area (Å²) in [5.41, 5.74) is 4.37. The van der Waals surface area contributed by atoms with Gasteiger partial charge in [-0.25, -0.2) is 0 Å². The van der Waals surface area contributed by atoms with Gasteiger partial charge in [-0.3, -0.25) is 0 Å². The molecule has 4 aromatic rings. The number of aromatic amines is 1. The number of hydrogen-bond donors (Lipinski definition) is 4. The van der Waals surface area contributed by atoms with Gasteiger partial charge in [0.25, 0.3) is 6.23 Å². The molecule has 156 valence electrons. The van der Waals surface area contributed by atoms with Crippen molar-refractivity contribution in [2.45, 2.75) is 38.4 Å². The van der Waals surface area contributed by atoms with Crippen LogP contribution < -0.4 is 9.30 Å². The molecule has 30 heavy (non-hydrogen) atoms. The third-order valence-corrected chi connectivity index (χ3v) is 6.36. The summed E-state index contributed by atoms with van der Waals surface area (Å²) < 4.78 is 12.9. The maximum atomic E-state index is 10.4. The first-order valence-electron chi connectivity index (χ1n) is 10.00. The lowest BCUT2D eigenvalue weighted by Gasteiger charge is -2.13. The predicted octanol–water partition coefficient (Wildman–Crippen LogP) is 2.00. The van der Waals surface area contributed by atoms with Crippen LogP contribution in [0.3, 0.4) is 0 Å². The van der Waals surface area contributed by atoms with Crippen LogP contribution in [0.25, 0.3) is 32.6 Å². The number of ether oxygens (including phenoxy) is 2. The Morgan fingerprint density at radius 2 is 1.87 bits per heavy atom. The second-order valence-electron chi connectivity index (χ2n) is 7.98. The van der Waals surface area contributed by atoms with Crippen molar-refractivity contribution in [3.8, 4) is 5.75 Å². The van der Waals surface area contributed by atoms with Gasteiger partial charge < -0.3 is 29.8 Å². The van der Waals surface area contributed by atoms with Gasteiger partial charge in [-0.05, 0) is 48.6 Å². The lowest BCUT2D eigenvalue weighted by molar-refractivity contribution is -0.764. The fourth-order valence-electron chi connectivity index (χ4n) is 4.66. The van der Waals surface area contributed by atoms with Gasteiger partial charge in [0.1, 0.15) is 18.0 Å². The maximum absolute atomic E-state index is 10.4. The second-order valence-corrected chi connectivity index (χ2v) is 7.98. The zero-order chi connectivity index (χ0) is 21.2. The Labute approximate surface area is 173 Å². The number of hydrogen-bond acceptors (Lipinski definition) is 5. The quantitative estimate of drug-likeness (QED) is 0.388. The number of aliphatic hydroxyl groups is 3. The first kappa shape index (κ1) is 19.3. The molecule has 4 N–H and O–H groups in total. The van der Waals surface area contributed by atoms with Crippen molar-refractivity contribution >= 4 is 32.6 Å². The number of pyridine rings is 1. The molecule has 0 radical (unpaired) electrons. The number of aryl methyl sites for hydroxylation is 2.